The van der Waals surface area contributed by atoms with E-state index < -0.39 is 11.9 Å². The van der Waals surface area contributed by atoms with Crippen LogP contribution in [0.25, 0.3) is 5.82 Å². The number of esters is 2. The van der Waals surface area contributed by atoms with E-state index in [4.69, 9.17) is 9.47 Å². The predicted molar refractivity (Wildman–Crippen MR) is 74.4 cm³/mol. The molecule has 0 aliphatic carbocycles. The molecule has 2 aromatic heterocycles. The number of nitrogens with zero attached hydrogens (tertiary/aromatic N) is 3. The highest BCUT2D eigenvalue weighted by atomic mass is 16.5. The third kappa shape index (κ3) is 2.96. The first-order valence-corrected chi connectivity index (χ1v) is 6.64. The second-order valence-electron chi connectivity index (χ2n) is 4.24. The monoisotopic (exact) mass is 291 g/mol. The summed E-state index contributed by atoms with van der Waals surface area (Å²) in [5.74, 6) is -0.623. The van der Waals surface area contributed by atoms with Crippen LogP contribution in [-0.2, 0) is 16.5 Å². The molecule has 2 aromatic rings. The standard InChI is InChI=1S/C14H17N3O4/c1-4-20-13(18)10-6-9-17(11-7-8-16(3)15-11)12(10)14(19)21-5-2/h6-9H,4-5H2,1-3H3. The van der Waals surface area contributed by atoms with Crippen LogP contribution in [0.2, 0.25) is 0 Å². The third-order valence-corrected chi connectivity index (χ3v) is 2.80. The number of hydrogen-bond donors (Lipinski definition) is 0. The van der Waals surface area contributed by atoms with E-state index >= 15 is 0 Å². The van der Waals surface area contributed by atoms with Crippen LogP contribution in [-0.4, -0.2) is 39.5 Å². The molecule has 0 N–H and O–H groups in total. The van der Waals surface area contributed by atoms with Gasteiger partial charge in [-0.25, -0.2) is 9.59 Å². The minimum Gasteiger partial charge on any atom is -0.462 e. The van der Waals surface area contributed by atoms with Crippen molar-refractivity contribution in [2.75, 3.05) is 13.2 Å². The van der Waals surface area contributed by atoms with Gasteiger partial charge in [0.15, 0.2) is 5.82 Å². The molecule has 0 fully saturated rings. The van der Waals surface area contributed by atoms with Crippen LogP contribution in [0.1, 0.15) is 34.7 Å². The summed E-state index contributed by atoms with van der Waals surface area (Å²) < 4.78 is 13.1. The van der Waals surface area contributed by atoms with Gasteiger partial charge in [0, 0.05) is 25.5 Å². The molecule has 0 saturated carbocycles. The Hall–Kier alpha value is -2.57. The highest BCUT2D eigenvalue weighted by Crippen LogP contribution is 2.18. The maximum absolute atomic E-state index is 12.2. The fourth-order valence-corrected chi connectivity index (χ4v) is 1.94. The lowest BCUT2D eigenvalue weighted by molar-refractivity contribution is 0.0473. The van der Waals surface area contributed by atoms with Crippen molar-refractivity contribution >= 4 is 11.9 Å². The van der Waals surface area contributed by atoms with Crippen LogP contribution < -0.4 is 0 Å². The van der Waals surface area contributed by atoms with Crippen LogP contribution in [0, 0.1) is 0 Å². The molecule has 0 aliphatic rings. The molecule has 0 spiro atoms. The lowest BCUT2D eigenvalue weighted by Crippen LogP contribution is -2.16. The largest absolute Gasteiger partial charge is 0.462 e. The van der Waals surface area contributed by atoms with Gasteiger partial charge in [0.25, 0.3) is 0 Å². The van der Waals surface area contributed by atoms with Crippen LogP contribution in [0.5, 0.6) is 0 Å². The van der Waals surface area contributed by atoms with Crippen LogP contribution >= 0.6 is 0 Å². The lowest BCUT2D eigenvalue weighted by Gasteiger charge is -2.08. The molecular formula is C14H17N3O4. The molecule has 7 nitrogen and oxygen atoms in total. The molecule has 0 aliphatic heterocycles. The Kier molecular flexibility index (Phi) is 4.42. The van der Waals surface area contributed by atoms with Gasteiger partial charge in [-0.2, -0.15) is 5.10 Å². The van der Waals surface area contributed by atoms with Gasteiger partial charge in [-0.15, -0.1) is 0 Å². The molecule has 0 aromatic carbocycles. The van der Waals surface area contributed by atoms with E-state index in [2.05, 4.69) is 5.10 Å². The summed E-state index contributed by atoms with van der Waals surface area (Å²) >= 11 is 0. The zero-order chi connectivity index (χ0) is 15.4. The summed E-state index contributed by atoms with van der Waals surface area (Å²) in [5, 5.41) is 4.22. The molecule has 2 heterocycles. The Labute approximate surface area is 122 Å². The number of aryl methyl sites for hydroxylation is 1. The van der Waals surface area contributed by atoms with Crippen LogP contribution in [0.15, 0.2) is 24.5 Å². The first-order chi connectivity index (χ1) is 10.1. The quantitative estimate of drug-likeness (QED) is 0.781. The smallest absolute Gasteiger partial charge is 0.356 e. The Morgan fingerprint density at radius 3 is 2.33 bits per heavy atom. The molecular weight excluding hydrogens is 274 g/mol. The summed E-state index contributed by atoms with van der Waals surface area (Å²) in [5.41, 5.74) is 0.287. The third-order valence-electron chi connectivity index (χ3n) is 2.80. The van der Waals surface area contributed by atoms with Crippen molar-refractivity contribution in [2.45, 2.75) is 13.8 Å². The second-order valence-corrected chi connectivity index (χ2v) is 4.24. The summed E-state index contributed by atoms with van der Waals surface area (Å²) in [6.07, 6.45) is 3.34. The zero-order valence-corrected chi connectivity index (χ0v) is 12.2. The SMILES string of the molecule is CCOC(=O)c1ccn(-c2ccn(C)n2)c1C(=O)OCC. The molecule has 0 amide bonds. The highest BCUT2D eigenvalue weighted by molar-refractivity contribution is 6.02. The van der Waals surface area contributed by atoms with Gasteiger partial charge in [-0.05, 0) is 19.9 Å². The normalized spacial score (nSPS) is 10.4. The van der Waals surface area contributed by atoms with Gasteiger partial charge in [-0.1, -0.05) is 0 Å². The van der Waals surface area contributed by atoms with Crippen molar-refractivity contribution in [3.8, 4) is 5.82 Å². The highest BCUT2D eigenvalue weighted by Gasteiger charge is 2.25. The van der Waals surface area contributed by atoms with Crippen molar-refractivity contribution in [1.82, 2.24) is 14.3 Å². The molecule has 21 heavy (non-hydrogen) atoms. The number of rotatable bonds is 5. The van der Waals surface area contributed by atoms with E-state index in [0.29, 0.717) is 5.82 Å². The fourth-order valence-electron chi connectivity index (χ4n) is 1.94. The predicted octanol–water partition coefficient (Wildman–Crippen LogP) is 1.56. The van der Waals surface area contributed by atoms with E-state index in [1.165, 1.54) is 10.6 Å². The minimum atomic E-state index is -0.587. The Balaban J connectivity index is 2.50. The Morgan fingerprint density at radius 1 is 1.10 bits per heavy atom. The average molecular weight is 291 g/mol. The molecule has 0 bridgehead atoms. The van der Waals surface area contributed by atoms with Gasteiger partial charge in [0.05, 0.1) is 18.8 Å². The molecule has 7 heteroatoms. The van der Waals surface area contributed by atoms with Gasteiger partial charge in [0.2, 0.25) is 0 Å². The molecule has 0 saturated heterocycles. The molecule has 0 atom stereocenters. The second kappa shape index (κ2) is 6.25. The maximum Gasteiger partial charge on any atom is 0.356 e. The summed E-state index contributed by atoms with van der Waals surface area (Å²) in [4.78, 5) is 24.1. The maximum atomic E-state index is 12.2. The molecule has 112 valence electrons. The fraction of sp³-hybridized carbons (Fsp3) is 0.357. The first-order valence-electron chi connectivity index (χ1n) is 6.64. The number of carbonyl (C=O) groups excluding carboxylic acids is 2. The number of hydrogen-bond acceptors (Lipinski definition) is 5. The zero-order valence-electron chi connectivity index (χ0n) is 12.2. The first kappa shape index (κ1) is 14.8. The van der Waals surface area contributed by atoms with E-state index in [-0.39, 0.29) is 24.5 Å². The average Bonchev–Trinajstić information content (AvgIpc) is 3.05. The van der Waals surface area contributed by atoms with Crippen molar-refractivity contribution in [2.24, 2.45) is 7.05 Å². The van der Waals surface area contributed by atoms with Crippen molar-refractivity contribution < 1.29 is 19.1 Å². The van der Waals surface area contributed by atoms with Crippen molar-refractivity contribution in [1.29, 1.82) is 0 Å². The number of carbonyl (C=O) groups is 2. The van der Waals surface area contributed by atoms with Gasteiger partial charge in [-0.3, -0.25) is 9.25 Å². The Bertz CT molecular complexity index is 657. The number of aromatic nitrogens is 3. The topological polar surface area (TPSA) is 75.4 Å². The van der Waals surface area contributed by atoms with Gasteiger partial charge in [0.1, 0.15) is 5.69 Å². The van der Waals surface area contributed by atoms with Crippen LogP contribution in [0.3, 0.4) is 0 Å². The molecule has 2 rings (SSSR count). The molecule has 0 unspecified atom stereocenters. The Morgan fingerprint density at radius 2 is 1.76 bits per heavy atom. The van der Waals surface area contributed by atoms with E-state index in [9.17, 15) is 9.59 Å². The molecule has 0 radical (unpaired) electrons. The van der Waals surface area contributed by atoms with E-state index in [1.54, 1.807) is 44.0 Å². The minimum absolute atomic E-state index is 0.119. The van der Waals surface area contributed by atoms with Crippen molar-refractivity contribution in [3.63, 3.8) is 0 Å². The summed E-state index contributed by atoms with van der Waals surface area (Å²) in [7, 11) is 1.77. The van der Waals surface area contributed by atoms with E-state index in [0.717, 1.165) is 0 Å². The number of ether oxygens (including phenoxy) is 2. The van der Waals surface area contributed by atoms with Crippen LogP contribution in [0.4, 0.5) is 0 Å². The van der Waals surface area contributed by atoms with Gasteiger partial charge >= 0.3 is 11.9 Å². The van der Waals surface area contributed by atoms with E-state index in [1.807, 2.05) is 0 Å². The van der Waals surface area contributed by atoms with Gasteiger partial charge < -0.3 is 9.47 Å². The summed E-state index contributed by atoms with van der Waals surface area (Å²) in [6.45, 7) is 3.86. The lowest BCUT2D eigenvalue weighted by atomic mass is 10.2. The summed E-state index contributed by atoms with van der Waals surface area (Å²) in [6, 6.07) is 3.26. The van der Waals surface area contributed by atoms with Crippen molar-refractivity contribution in [3.05, 3.63) is 35.8 Å².